The number of allylic oxidation sites excluding steroid dienone is 7. The lowest BCUT2D eigenvalue weighted by molar-refractivity contribution is 0.782. The van der Waals surface area contributed by atoms with E-state index in [2.05, 4.69) is 103 Å². The third-order valence-electron chi connectivity index (χ3n) is 7.55. The minimum Gasteiger partial charge on any atom is -0.330 e. The summed E-state index contributed by atoms with van der Waals surface area (Å²) in [6.07, 6.45) is 14.4. The molecule has 4 aromatic carbocycles. The molecule has 0 heterocycles. The second kappa shape index (κ2) is 9.73. The average molecular weight is 469 g/mol. The Hall–Kier alpha value is -3.72. The molecule has 0 aromatic heterocycles. The van der Waals surface area contributed by atoms with Gasteiger partial charge in [0.05, 0.1) is 0 Å². The van der Waals surface area contributed by atoms with Gasteiger partial charge in [0.25, 0.3) is 0 Å². The lowest BCUT2D eigenvalue weighted by Gasteiger charge is -2.24. The Morgan fingerprint density at radius 3 is 1.94 bits per heavy atom. The van der Waals surface area contributed by atoms with Crippen LogP contribution in [0.15, 0.2) is 114 Å². The van der Waals surface area contributed by atoms with Crippen molar-refractivity contribution in [3.8, 4) is 11.1 Å². The van der Waals surface area contributed by atoms with Crippen molar-refractivity contribution in [2.24, 2.45) is 17.4 Å². The molecule has 0 saturated heterocycles. The van der Waals surface area contributed by atoms with Crippen LogP contribution in [0.25, 0.3) is 38.2 Å². The first-order chi connectivity index (χ1) is 17.7. The van der Waals surface area contributed by atoms with E-state index in [-0.39, 0.29) is 0 Å². The first kappa shape index (κ1) is 22.7. The summed E-state index contributed by atoms with van der Waals surface area (Å²) in [5.74, 6) is 0.462. The smallest absolute Gasteiger partial charge is 0.00619 e. The Morgan fingerprint density at radius 1 is 0.639 bits per heavy atom. The highest BCUT2D eigenvalue weighted by atomic mass is 14.5. The summed E-state index contributed by atoms with van der Waals surface area (Å²) in [6, 6.07) is 27.1. The molecule has 0 fully saturated rings. The summed E-state index contributed by atoms with van der Waals surface area (Å²) < 4.78 is 0. The molecule has 36 heavy (non-hydrogen) atoms. The average Bonchev–Trinajstić information content (AvgIpc) is 2.92. The molecular weight excluding hydrogens is 436 g/mol. The fourth-order valence-electron chi connectivity index (χ4n) is 5.54. The largest absolute Gasteiger partial charge is 0.330 e. The molecule has 0 bridgehead atoms. The van der Waals surface area contributed by atoms with Crippen molar-refractivity contribution in [1.29, 1.82) is 0 Å². The van der Waals surface area contributed by atoms with Gasteiger partial charge >= 0.3 is 0 Å². The number of nitrogens with two attached hydrogens (primary N) is 2. The van der Waals surface area contributed by atoms with Crippen LogP contribution in [0, 0.1) is 5.92 Å². The number of hydrogen-bond donors (Lipinski definition) is 2. The first-order valence-electron chi connectivity index (χ1n) is 13.0. The molecule has 2 heteroatoms. The zero-order valence-electron chi connectivity index (χ0n) is 20.6. The highest BCUT2D eigenvalue weighted by Gasteiger charge is 2.19. The highest BCUT2D eigenvalue weighted by Crippen LogP contribution is 2.37. The van der Waals surface area contributed by atoms with Gasteiger partial charge in [-0.1, -0.05) is 85.0 Å². The minimum absolute atomic E-state index is 0.462. The monoisotopic (exact) mass is 468 g/mol. The zero-order valence-corrected chi connectivity index (χ0v) is 20.6. The molecule has 1 unspecified atom stereocenters. The van der Waals surface area contributed by atoms with Crippen molar-refractivity contribution in [2.75, 3.05) is 13.1 Å². The fourth-order valence-corrected chi connectivity index (χ4v) is 5.54. The SMILES string of the molecule is NCCC1=CC2=CC=C(c3ccc4cc(-c5ccc6cc(CCN)ccc6c5)ccc4c3)CC2C=C1. The van der Waals surface area contributed by atoms with Crippen LogP contribution in [0.1, 0.15) is 24.0 Å². The van der Waals surface area contributed by atoms with Gasteiger partial charge in [-0.05, 0) is 111 Å². The quantitative estimate of drug-likeness (QED) is 0.311. The highest BCUT2D eigenvalue weighted by molar-refractivity contribution is 5.93. The molecule has 2 aliphatic rings. The zero-order chi connectivity index (χ0) is 24.5. The van der Waals surface area contributed by atoms with Gasteiger partial charge in [-0.2, -0.15) is 0 Å². The normalized spacial score (nSPS) is 17.1. The van der Waals surface area contributed by atoms with E-state index >= 15 is 0 Å². The molecule has 4 N–H and O–H groups in total. The lowest BCUT2D eigenvalue weighted by Crippen LogP contribution is -2.10. The molecule has 178 valence electrons. The minimum atomic E-state index is 0.462. The third-order valence-corrected chi connectivity index (χ3v) is 7.55. The second-order valence-corrected chi connectivity index (χ2v) is 10.00. The van der Waals surface area contributed by atoms with E-state index in [0.29, 0.717) is 19.0 Å². The van der Waals surface area contributed by atoms with Crippen LogP contribution >= 0.6 is 0 Å². The van der Waals surface area contributed by atoms with Gasteiger partial charge in [0.15, 0.2) is 0 Å². The number of rotatable bonds is 6. The number of hydrogen-bond acceptors (Lipinski definition) is 2. The van der Waals surface area contributed by atoms with E-state index in [1.807, 2.05) is 0 Å². The van der Waals surface area contributed by atoms with Crippen LogP contribution in [-0.2, 0) is 6.42 Å². The molecule has 1 atom stereocenters. The summed E-state index contributed by atoms with van der Waals surface area (Å²) in [7, 11) is 0. The summed E-state index contributed by atoms with van der Waals surface area (Å²) >= 11 is 0. The summed E-state index contributed by atoms with van der Waals surface area (Å²) in [4.78, 5) is 0. The van der Waals surface area contributed by atoms with E-state index < -0.39 is 0 Å². The Balaban J connectivity index is 1.27. The molecule has 4 aromatic rings. The molecule has 6 rings (SSSR count). The number of fused-ring (bicyclic) bond motifs is 3. The van der Waals surface area contributed by atoms with Crippen LogP contribution in [-0.4, -0.2) is 13.1 Å². The molecule has 0 saturated carbocycles. The van der Waals surface area contributed by atoms with E-state index in [1.165, 1.54) is 60.5 Å². The van der Waals surface area contributed by atoms with Crippen molar-refractivity contribution in [1.82, 2.24) is 0 Å². The van der Waals surface area contributed by atoms with Crippen LogP contribution in [0.4, 0.5) is 0 Å². The van der Waals surface area contributed by atoms with Crippen LogP contribution < -0.4 is 11.5 Å². The summed E-state index contributed by atoms with van der Waals surface area (Å²) in [5.41, 5.74) is 20.7. The van der Waals surface area contributed by atoms with Crippen molar-refractivity contribution < 1.29 is 0 Å². The molecule has 0 radical (unpaired) electrons. The van der Waals surface area contributed by atoms with Gasteiger partial charge in [0, 0.05) is 5.92 Å². The van der Waals surface area contributed by atoms with Gasteiger partial charge < -0.3 is 11.5 Å². The lowest BCUT2D eigenvalue weighted by atomic mass is 9.80. The maximum Gasteiger partial charge on any atom is 0.00619 e. The topological polar surface area (TPSA) is 52.0 Å². The molecular formula is C34H32N2. The van der Waals surface area contributed by atoms with Crippen LogP contribution in [0.2, 0.25) is 0 Å². The molecule has 2 aliphatic carbocycles. The van der Waals surface area contributed by atoms with Gasteiger partial charge in [-0.25, -0.2) is 0 Å². The Bertz CT molecular complexity index is 1580. The van der Waals surface area contributed by atoms with E-state index in [9.17, 15) is 0 Å². The van der Waals surface area contributed by atoms with Gasteiger partial charge in [-0.3, -0.25) is 0 Å². The summed E-state index contributed by atoms with van der Waals surface area (Å²) in [5, 5.41) is 5.09. The molecule has 0 amide bonds. The van der Waals surface area contributed by atoms with Crippen molar-refractivity contribution in [2.45, 2.75) is 19.3 Å². The molecule has 0 aliphatic heterocycles. The maximum absolute atomic E-state index is 5.74. The van der Waals surface area contributed by atoms with E-state index in [0.717, 1.165) is 19.3 Å². The summed E-state index contributed by atoms with van der Waals surface area (Å²) in [6.45, 7) is 1.38. The Kier molecular flexibility index (Phi) is 6.14. The Labute approximate surface area is 213 Å². The van der Waals surface area contributed by atoms with E-state index in [1.54, 1.807) is 0 Å². The predicted octanol–water partition coefficient (Wildman–Crippen LogP) is 7.34. The van der Waals surface area contributed by atoms with Gasteiger partial charge in [0.1, 0.15) is 0 Å². The van der Waals surface area contributed by atoms with Gasteiger partial charge in [0.2, 0.25) is 0 Å². The van der Waals surface area contributed by atoms with Crippen molar-refractivity contribution >= 4 is 27.1 Å². The Morgan fingerprint density at radius 2 is 1.25 bits per heavy atom. The first-order valence-corrected chi connectivity index (χ1v) is 13.0. The fraction of sp³-hybridized carbons (Fsp3) is 0.176. The second-order valence-electron chi connectivity index (χ2n) is 10.00. The molecule has 2 nitrogen and oxygen atoms in total. The number of benzene rings is 4. The third kappa shape index (κ3) is 4.46. The van der Waals surface area contributed by atoms with Gasteiger partial charge in [-0.15, -0.1) is 0 Å². The van der Waals surface area contributed by atoms with Crippen LogP contribution in [0.5, 0.6) is 0 Å². The predicted molar refractivity (Wildman–Crippen MR) is 155 cm³/mol. The van der Waals surface area contributed by atoms with Crippen molar-refractivity contribution in [3.05, 3.63) is 125 Å². The van der Waals surface area contributed by atoms with Crippen molar-refractivity contribution in [3.63, 3.8) is 0 Å². The maximum atomic E-state index is 5.74. The standard InChI is InChI=1S/C34H32N2/c35-15-13-23-1-3-27-19-29(7-5-25(27)17-23)31-9-11-34-22-32(10-12-33(34)21-31)30-8-6-26-18-24(14-16-36)2-4-28(26)20-30/h1-12,17-19,21-22,28H,13-16,20,35-36H2. The molecule has 0 spiro atoms. The van der Waals surface area contributed by atoms with E-state index in [4.69, 9.17) is 11.5 Å². The van der Waals surface area contributed by atoms with Crippen LogP contribution in [0.3, 0.4) is 0 Å².